The molecule has 9 nitrogen and oxygen atoms in total. The highest BCUT2D eigenvalue weighted by atomic mass is 16.5. The normalized spacial score (nSPS) is 11.3. The first-order valence-corrected chi connectivity index (χ1v) is 12.0. The van der Waals surface area contributed by atoms with Gasteiger partial charge in [0.25, 0.3) is 5.56 Å². The molecule has 0 spiro atoms. The fraction of sp³-hybridized carbons (Fsp3) is 0.500. The smallest absolute Gasteiger partial charge is 0.332 e. The number of carbonyl (C=O) groups excluding carboxylic acids is 1. The lowest BCUT2D eigenvalue weighted by Crippen LogP contribution is -2.40. The predicted octanol–water partition coefficient (Wildman–Crippen LogP) is 3.31. The standard InChI is InChI=1S/C26H34N4O5/c1-17(2)15-30-24-23(25(32)29(5)26(30)33)27-20(12-7-6-10-14-34-19(4)31)21(28-24)16-35-22-13-9-8-11-18(22)3/h8-9,11,13,17H,6-7,10,12,14-16H2,1-5H3. The SMILES string of the molecule is CC(=O)OCCCCCc1nc2c(=O)n(C)c(=O)n(CC(C)C)c2nc1COc1ccccc1C. The molecule has 2 heterocycles. The van der Waals surface area contributed by atoms with Gasteiger partial charge in [-0.25, -0.2) is 14.8 Å². The summed E-state index contributed by atoms with van der Waals surface area (Å²) in [6, 6.07) is 7.71. The second-order valence-corrected chi connectivity index (χ2v) is 9.15. The van der Waals surface area contributed by atoms with Gasteiger partial charge in [-0.2, -0.15) is 0 Å². The number of hydrogen-bond donors (Lipinski definition) is 0. The van der Waals surface area contributed by atoms with Gasteiger partial charge >= 0.3 is 11.7 Å². The molecule has 0 radical (unpaired) electrons. The third kappa shape index (κ3) is 6.55. The highest BCUT2D eigenvalue weighted by molar-refractivity contribution is 5.69. The van der Waals surface area contributed by atoms with Crippen LogP contribution in [0.25, 0.3) is 11.2 Å². The zero-order chi connectivity index (χ0) is 25.5. The van der Waals surface area contributed by atoms with E-state index in [4.69, 9.17) is 19.4 Å². The average Bonchev–Trinajstić information content (AvgIpc) is 2.81. The number of carbonyl (C=O) groups is 1. The largest absolute Gasteiger partial charge is 0.487 e. The summed E-state index contributed by atoms with van der Waals surface area (Å²) < 4.78 is 13.7. The molecule has 1 aromatic carbocycles. The molecule has 0 bridgehead atoms. The van der Waals surface area contributed by atoms with Gasteiger partial charge in [-0.15, -0.1) is 0 Å². The van der Waals surface area contributed by atoms with E-state index in [-0.39, 0.29) is 29.7 Å². The maximum atomic E-state index is 12.9. The molecule has 0 saturated heterocycles. The predicted molar refractivity (Wildman–Crippen MR) is 134 cm³/mol. The Morgan fingerprint density at radius 3 is 2.49 bits per heavy atom. The van der Waals surface area contributed by atoms with Gasteiger partial charge in [-0.1, -0.05) is 32.0 Å². The maximum Gasteiger partial charge on any atom is 0.332 e. The van der Waals surface area contributed by atoms with E-state index in [0.717, 1.165) is 35.1 Å². The summed E-state index contributed by atoms with van der Waals surface area (Å²) in [4.78, 5) is 46.2. The third-order valence-corrected chi connectivity index (χ3v) is 5.68. The van der Waals surface area contributed by atoms with E-state index >= 15 is 0 Å². The molecule has 3 rings (SSSR count). The Morgan fingerprint density at radius 2 is 1.80 bits per heavy atom. The Kier molecular flexibility index (Phi) is 8.78. The van der Waals surface area contributed by atoms with E-state index in [1.165, 1.54) is 18.5 Å². The Balaban J connectivity index is 1.98. The fourth-order valence-electron chi connectivity index (χ4n) is 3.84. The summed E-state index contributed by atoms with van der Waals surface area (Å²) in [5.74, 6) is 0.633. The zero-order valence-corrected chi connectivity index (χ0v) is 21.2. The van der Waals surface area contributed by atoms with Gasteiger partial charge in [-0.05, 0) is 50.2 Å². The highest BCUT2D eigenvalue weighted by Gasteiger charge is 2.19. The number of benzene rings is 1. The molecule has 0 aliphatic carbocycles. The first kappa shape index (κ1) is 26.1. The van der Waals surface area contributed by atoms with Gasteiger partial charge in [0.1, 0.15) is 18.1 Å². The van der Waals surface area contributed by atoms with Crippen molar-refractivity contribution in [3.05, 3.63) is 62.1 Å². The van der Waals surface area contributed by atoms with Gasteiger partial charge in [-0.3, -0.25) is 18.7 Å². The molecular weight excluding hydrogens is 448 g/mol. The zero-order valence-electron chi connectivity index (χ0n) is 21.2. The van der Waals surface area contributed by atoms with Gasteiger partial charge < -0.3 is 9.47 Å². The van der Waals surface area contributed by atoms with Crippen LogP contribution in [0.5, 0.6) is 5.75 Å². The number of para-hydroxylation sites is 1. The van der Waals surface area contributed by atoms with Crippen LogP contribution >= 0.6 is 0 Å². The lowest BCUT2D eigenvalue weighted by Gasteiger charge is -2.16. The number of hydrogen-bond acceptors (Lipinski definition) is 7. The van der Waals surface area contributed by atoms with Crippen molar-refractivity contribution in [3.8, 4) is 5.75 Å². The second-order valence-electron chi connectivity index (χ2n) is 9.15. The number of ether oxygens (including phenoxy) is 2. The van der Waals surface area contributed by atoms with Crippen LogP contribution < -0.4 is 16.0 Å². The maximum absolute atomic E-state index is 12.9. The number of esters is 1. The van der Waals surface area contributed by atoms with E-state index in [0.29, 0.717) is 31.0 Å². The van der Waals surface area contributed by atoms with Crippen molar-refractivity contribution >= 4 is 17.1 Å². The molecule has 2 aromatic heterocycles. The van der Waals surface area contributed by atoms with Crippen molar-refractivity contribution in [2.75, 3.05) is 6.61 Å². The molecule has 3 aromatic rings. The fourth-order valence-corrected chi connectivity index (χ4v) is 3.84. The van der Waals surface area contributed by atoms with E-state index in [9.17, 15) is 14.4 Å². The number of aryl methyl sites for hydroxylation is 2. The Labute approximate surface area is 204 Å². The van der Waals surface area contributed by atoms with Crippen LogP contribution in [0.15, 0.2) is 33.9 Å². The molecule has 0 N–H and O–H groups in total. The van der Waals surface area contributed by atoms with Crippen molar-refractivity contribution in [2.45, 2.75) is 66.5 Å². The number of rotatable bonds is 11. The molecule has 0 amide bonds. The molecule has 0 saturated carbocycles. The molecule has 0 unspecified atom stereocenters. The summed E-state index contributed by atoms with van der Waals surface area (Å²) in [7, 11) is 1.46. The molecule has 9 heteroatoms. The summed E-state index contributed by atoms with van der Waals surface area (Å²) in [5, 5.41) is 0. The summed E-state index contributed by atoms with van der Waals surface area (Å²) in [5.41, 5.74) is 1.88. The Hall–Kier alpha value is -3.49. The lowest BCUT2D eigenvalue weighted by atomic mass is 10.1. The van der Waals surface area contributed by atoms with E-state index in [1.54, 1.807) is 0 Å². The number of fused-ring (bicyclic) bond motifs is 1. The number of nitrogens with zero attached hydrogens (tertiary/aromatic N) is 4. The summed E-state index contributed by atoms with van der Waals surface area (Å²) in [6.45, 7) is 8.34. The lowest BCUT2D eigenvalue weighted by molar-refractivity contribution is -0.141. The van der Waals surface area contributed by atoms with Crippen molar-refractivity contribution in [2.24, 2.45) is 13.0 Å². The van der Waals surface area contributed by atoms with Crippen molar-refractivity contribution in [3.63, 3.8) is 0 Å². The van der Waals surface area contributed by atoms with Crippen LogP contribution in [-0.2, 0) is 36.2 Å². The number of aromatic nitrogens is 4. The Morgan fingerprint density at radius 1 is 1.06 bits per heavy atom. The van der Waals surface area contributed by atoms with Gasteiger partial charge in [0.15, 0.2) is 11.2 Å². The van der Waals surface area contributed by atoms with Crippen LogP contribution in [0.4, 0.5) is 0 Å². The second kappa shape index (κ2) is 11.8. The molecule has 35 heavy (non-hydrogen) atoms. The average molecular weight is 483 g/mol. The molecule has 0 atom stereocenters. The first-order chi connectivity index (χ1) is 16.7. The van der Waals surface area contributed by atoms with Crippen molar-refractivity contribution < 1.29 is 14.3 Å². The Bertz CT molecular complexity index is 1310. The molecular formula is C26H34N4O5. The van der Waals surface area contributed by atoms with Crippen LogP contribution in [-0.4, -0.2) is 31.7 Å². The van der Waals surface area contributed by atoms with E-state index in [1.807, 2.05) is 45.0 Å². The van der Waals surface area contributed by atoms with Crippen LogP contribution in [0.3, 0.4) is 0 Å². The van der Waals surface area contributed by atoms with Crippen molar-refractivity contribution in [1.82, 2.24) is 19.1 Å². The van der Waals surface area contributed by atoms with Crippen LogP contribution in [0.1, 0.15) is 57.0 Å². The van der Waals surface area contributed by atoms with Crippen LogP contribution in [0, 0.1) is 12.8 Å². The van der Waals surface area contributed by atoms with Crippen LogP contribution in [0.2, 0.25) is 0 Å². The molecule has 0 aliphatic heterocycles. The topological polar surface area (TPSA) is 105 Å². The minimum Gasteiger partial charge on any atom is -0.487 e. The minimum atomic E-state index is -0.458. The minimum absolute atomic E-state index is 0.168. The van der Waals surface area contributed by atoms with E-state index < -0.39 is 11.2 Å². The monoisotopic (exact) mass is 482 g/mol. The number of unbranched alkanes of at least 4 members (excludes halogenated alkanes) is 2. The van der Waals surface area contributed by atoms with E-state index in [2.05, 4.69) is 0 Å². The summed E-state index contributed by atoms with van der Waals surface area (Å²) in [6.07, 6.45) is 2.94. The molecule has 0 aliphatic rings. The highest BCUT2D eigenvalue weighted by Crippen LogP contribution is 2.20. The molecule has 0 fully saturated rings. The van der Waals surface area contributed by atoms with Crippen molar-refractivity contribution in [1.29, 1.82) is 0 Å². The molecule has 188 valence electrons. The van der Waals surface area contributed by atoms with Gasteiger partial charge in [0.2, 0.25) is 0 Å². The van der Waals surface area contributed by atoms with Gasteiger partial charge in [0, 0.05) is 20.5 Å². The summed E-state index contributed by atoms with van der Waals surface area (Å²) >= 11 is 0. The van der Waals surface area contributed by atoms with Gasteiger partial charge in [0.05, 0.1) is 12.3 Å². The quantitative estimate of drug-likeness (QED) is 0.305. The third-order valence-electron chi connectivity index (χ3n) is 5.68. The first-order valence-electron chi connectivity index (χ1n) is 12.0.